The lowest BCUT2D eigenvalue weighted by molar-refractivity contribution is 0.103. The molecule has 5 heteroatoms. The average Bonchev–Trinajstić information content (AvgIpc) is 3.11. The predicted molar refractivity (Wildman–Crippen MR) is 87.0 cm³/mol. The molecule has 5 nitrogen and oxygen atoms in total. The summed E-state index contributed by atoms with van der Waals surface area (Å²) in [6, 6.07) is 14.5. The fourth-order valence-electron chi connectivity index (χ4n) is 2.23. The molecule has 0 aliphatic heterocycles. The van der Waals surface area contributed by atoms with E-state index < -0.39 is 0 Å². The molecule has 3 aromatic rings. The maximum absolute atomic E-state index is 12.4. The van der Waals surface area contributed by atoms with E-state index in [0.29, 0.717) is 17.1 Å². The first-order valence-corrected chi connectivity index (χ1v) is 7.09. The van der Waals surface area contributed by atoms with Crippen LogP contribution in [0.2, 0.25) is 0 Å². The van der Waals surface area contributed by atoms with E-state index in [1.807, 2.05) is 24.3 Å². The van der Waals surface area contributed by atoms with Gasteiger partial charge in [-0.05, 0) is 54.1 Å². The second-order valence-corrected chi connectivity index (χ2v) is 4.93. The normalized spacial score (nSPS) is 10.3. The summed E-state index contributed by atoms with van der Waals surface area (Å²) >= 11 is 0. The first kappa shape index (κ1) is 14.8. The molecule has 1 aromatic heterocycles. The van der Waals surface area contributed by atoms with Gasteiger partial charge >= 0.3 is 0 Å². The number of rotatable bonds is 5. The number of ketones is 1. The van der Waals surface area contributed by atoms with E-state index in [1.165, 1.54) is 0 Å². The summed E-state index contributed by atoms with van der Waals surface area (Å²) in [6.45, 7) is 0. The van der Waals surface area contributed by atoms with Crippen molar-refractivity contribution in [2.45, 2.75) is 0 Å². The largest absolute Gasteiger partial charge is 0.497 e. The van der Waals surface area contributed by atoms with Crippen LogP contribution in [0.1, 0.15) is 16.2 Å². The highest BCUT2D eigenvalue weighted by Gasteiger charge is 2.13. The number of hydrogen-bond donors (Lipinski definition) is 1. The Bertz CT molecular complexity index is 805. The molecule has 0 fully saturated rings. The van der Waals surface area contributed by atoms with Crippen LogP contribution >= 0.6 is 0 Å². The SMILES string of the molecule is COc1ccc(C(=O)c2ncc(-c3ccc(OC)cc3)[nH]2)cc1. The smallest absolute Gasteiger partial charge is 0.228 e. The van der Waals surface area contributed by atoms with Crippen molar-refractivity contribution in [2.75, 3.05) is 14.2 Å². The maximum atomic E-state index is 12.4. The minimum absolute atomic E-state index is 0.160. The van der Waals surface area contributed by atoms with Gasteiger partial charge in [-0.15, -0.1) is 0 Å². The molecule has 116 valence electrons. The number of H-pyrrole nitrogens is 1. The number of nitrogens with zero attached hydrogens (tertiary/aromatic N) is 1. The number of hydrogen-bond acceptors (Lipinski definition) is 4. The lowest BCUT2D eigenvalue weighted by Crippen LogP contribution is -2.03. The highest BCUT2D eigenvalue weighted by atomic mass is 16.5. The number of carbonyl (C=O) groups is 1. The predicted octanol–water partition coefficient (Wildman–Crippen LogP) is 3.32. The number of carbonyl (C=O) groups excluding carboxylic acids is 1. The monoisotopic (exact) mass is 308 g/mol. The maximum Gasteiger partial charge on any atom is 0.228 e. The molecule has 0 amide bonds. The van der Waals surface area contributed by atoms with Crippen LogP contribution in [0.4, 0.5) is 0 Å². The minimum atomic E-state index is -0.160. The number of methoxy groups -OCH3 is 2. The number of aromatic amines is 1. The summed E-state index contributed by atoms with van der Waals surface area (Å²) in [6.07, 6.45) is 1.65. The first-order chi connectivity index (χ1) is 11.2. The Labute approximate surface area is 133 Å². The Kier molecular flexibility index (Phi) is 4.10. The van der Waals surface area contributed by atoms with Crippen LogP contribution in [0.15, 0.2) is 54.7 Å². The number of aromatic nitrogens is 2. The van der Waals surface area contributed by atoms with Crippen LogP contribution in [0.3, 0.4) is 0 Å². The van der Waals surface area contributed by atoms with Gasteiger partial charge in [0.1, 0.15) is 11.5 Å². The zero-order valence-electron chi connectivity index (χ0n) is 12.9. The molecule has 0 aliphatic carbocycles. The molecule has 0 saturated heterocycles. The van der Waals surface area contributed by atoms with Crippen LogP contribution in [0.5, 0.6) is 11.5 Å². The molecule has 3 rings (SSSR count). The van der Waals surface area contributed by atoms with E-state index in [1.54, 1.807) is 44.7 Å². The van der Waals surface area contributed by atoms with Gasteiger partial charge in [0, 0.05) is 5.56 Å². The van der Waals surface area contributed by atoms with Crippen molar-refractivity contribution in [3.63, 3.8) is 0 Å². The lowest BCUT2D eigenvalue weighted by Gasteiger charge is -2.02. The third-order valence-corrected chi connectivity index (χ3v) is 3.54. The quantitative estimate of drug-likeness (QED) is 0.734. The lowest BCUT2D eigenvalue weighted by atomic mass is 10.1. The van der Waals surface area contributed by atoms with E-state index in [0.717, 1.165) is 17.0 Å². The molecule has 0 aliphatic rings. The standard InChI is InChI=1S/C18H16N2O3/c1-22-14-7-3-12(4-8-14)16-11-19-18(20-16)17(21)13-5-9-15(23-2)10-6-13/h3-11H,1-2H3,(H,19,20). The van der Waals surface area contributed by atoms with Gasteiger partial charge < -0.3 is 14.5 Å². The summed E-state index contributed by atoms with van der Waals surface area (Å²) in [5.41, 5.74) is 2.28. The second-order valence-electron chi connectivity index (χ2n) is 4.93. The topological polar surface area (TPSA) is 64.2 Å². The van der Waals surface area contributed by atoms with Crippen molar-refractivity contribution in [2.24, 2.45) is 0 Å². The van der Waals surface area contributed by atoms with E-state index in [-0.39, 0.29) is 5.78 Å². The van der Waals surface area contributed by atoms with Gasteiger partial charge in [0.25, 0.3) is 0 Å². The van der Waals surface area contributed by atoms with E-state index in [4.69, 9.17) is 9.47 Å². The van der Waals surface area contributed by atoms with Crippen LogP contribution in [0.25, 0.3) is 11.3 Å². The van der Waals surface area contributed by atoms with Crippen LogP contribution < -0.4 is 9.47 Å². The molecule has 1 heterocycles. The van der Waals surface area contributed by atoms with Crippen LogP contribution in [-0.4, -0.2) is 30.0 Å². The summed E-state index contributed by atoms with van der Waals surface area (Å²) in [7, 11) is 3.21. The molecule has 0 atom stereocenters. The molecule has 0 saturated carbocycles. The Morgan fingerprint density at radius 3 is 2.04 bits per heavy atom. The average molecular weight is 308 g/mol. The zero-order chi connectivity index (χ0) is 16.2. The number of imidazole rings is 1. The fraction of sp³-hybridized carbons (Fsp3) is 0.111. The van der Waals surface area contributed by atoms with Gasteiger partial charge in [0.05, 0.1) is 26.1 Å². The Balaban J connectivity index is 1.83. The molecule has 1 N–H and O–H groups in total. The van der Waals surface area contributed by atoms with Crippen molar-refractivity contribution in [1.29, 1.82) is 0 Å². The molecule has 0 bridgehead atoms. The third kappa shape index (κ3) is 3.08. The van der Waals surface area contributed by atoms with E-state index >= 15 is 0 Å². The van der Waals surface area contributed by atoms with Gasteiger partial charge in [0.15, 0.2) is 5.82 Å². The number of nitrogens with one attached hydrogen (secondary N) is 1. The van der Waals surface area contributed by atoms with Crippen molar-refractivity contribution < 1.29 is 14.3 Å². The van der Waals surface area contributed by atoms with Gasteiger partial charge in [-0.2, -0.15) is 0 Å². The summed E-state index contributed by atoms with van der Waals surface area (Å²) in [5, 5.41) is 0. The van der Waals surface area contributed by atoms with Crippen molar-refractivity contribution in [3.8, 4) is 22.8 Å². The van der Waals surface area contributed by atoms with Crippen LogP contribution in [-0.2, 0) is 0 Å². The van der Waals surface area contributed by atoms with Crippen molar-refractivity contribution in [3.05, 3.63) is 66.1 Å². The molecule has 2 aromatic carbocycles. The minimum Gasteiger partial charge on any atom is -0.497 e. The Morgan fingerprint density at radius 2 is 1.48 bits per heavy atom. The first-order valence-electron chi connectivity index (χ1n) is 7.09. The van der Waals surface area contributed by atoms with Crippen molar-refractivity contribution in [1.82, 2.24) is 9.97 Å². The summed E-state index contributed by atoms with van der Waals surface area (Å²) < 4.78 is 10.2. The Morgan fingerprint density at radius 1 is 0.913 bits per heavy atom. The zero-order valence-corrected chi connectivity index (χ0v) is 12.9. The van der Waals surface area contributed by atoms with Gasteiger partial charge in [-0.1, -0.05) is 0 Å². The molecule has 0 unspecified atom stereocenters. The third-order valence-electron chi connectivity index (χ3n) is 3.54. The van der Waals surface area contributed by atoms with Crippen molar-refractivity contribution >= 4 is 5.78 Å². The van der Waals surface area contributed by atoms with Gasteiger partial charge in [-0.3, -0.25) is 4.79 Å². The number of ether oxygens (including phenoxy) is 2. The molecule has 0 radical (unpaired) electrons. The summed E-state index contributed by atoms with van der Waals surface area (Å²) in [5.74, 6) is 1.64. The molecular weight excluding hydrogens is 292 g/mol. The highest BCUT2D eigenvalue weighted by Crippen LogP contribution is 2.21. The van der Waals surface area contributed by atoms with E-state index in [2.05, 4.69) is 9.97 Å². The summed E-state index contributed by atoms with van der Waals surface area (Å²) in [4.78, 5) is 19.7. The molecular formula is C18H16N2O3. The second kappa shape index (κ2) is 6.36. The van der Waals surface area contributed by atoms with E-state index in [9.17, 15) is 4.79 Å². The Hall–Kier alpha value is -3.08. The van der Waals surface area contributed by atoms with Gasteiger partial charge in [-0.25, -0.2) is 4.98 Å². The van der Waals surface area contributed by atoms with Crippen LogP contribution in [0, 0.1) is 0 Å². The highest BCUT2D eigenvalue weighted by molar-refractivity contribution is 6.06. The molecule has 23 heavy (non-hydrogen) atoms. The number of benzene rings is 2. The molecule has 0 spiro atoms. The fourth-order valence-corrected chi connectivity index (χ4v) is 2.23. The van der Waals surface area contributed by atoms with Gasteiger partial charge in [0.2, 0.25) is 5.78 Å².